The van der Waals surface area contributed by atoms with E-state index >= 15 is 0 Å². The minimum absolute atomic E-state index is 0. The van der Waals surface area contributed by atoms with E-state index in [1.54, 1.807) is 26.4 Å². The fourth-order valence-electron chi connectivity index (χ4n) is 2.57. The van der Waals surface area contributed by atoms with Crippen molar-refractivity contribution in [3.05, 3.63) is 65.3 Å². The van der Waals surface area contributed by atoms with E-state index in [1.807, 2.05) is 38.1 Å². The van der Waals surface area contributed by atoms with Gasteiger partial charge in [0.05, 0.1) is 7.11 Å². The Morgan fingerprint density at radius 3 is 1.71 bits per heavy atom. The maximum absolute atomic E-state index is 9.63. The van der Waals surface area contributed by atoms with Gasteiger partial charge in [-0.3, -0.25) is 0 Å². The van der Waals surface area contributed by atoms with Crippen molar-refractivity contribution < 1.29 is 28.4 Å². The molecule has 0 amide bonds. The van der Waals surface area contributed by atoms with Crippen molar-refractivity contribution in [2.24, 2.45) is 0 Å². The Labute approximate surface area is 253 Å². The summed E-state index contributed by atoms with van der Waals surface area (Å²) in [6, 6.07) is 7.58. The zero-order valence-corrected chi connectivity index (χ0v) is 26.4. The molecule has 0 saturated carbocycles. The standard InChI is InChI=1S/C10H9ClN2O.C9H7ClN2O.C2H5.CH4.BBr3.V/c1-6-3-4-7-5-12-10(11)13-8(7)9(6)14-2;1-5-2-3-6-4-11-9(10)12-7(6)8(5)13;1-2;;2-1(3)4;/h3-5H,1-2H3;2-4,13H,1H3;1H2,2H3;1H4;;/q;;-1;;;. The fraction of sp³-hybridized carbons (Fsp3) is 0.227. The van der Waals surface area contributed by atoms with Gasteiger partial charge in [-0.25, -0.2) is 19.9 Å². The van der Waals surface area contributed by atoms with Crippen LogP contribution in [0, 0.1) is 20.8 Å². The zero-order chi connectivity index (χ0) is 25.1. The van der Waals surface area contributed by atoms with E-state index in [0.717, 1.165) is 33.2 Å². The van der Waals surface area contributed by atoms with Crippen LogP contribution < -0.4 is 4.74 Å². The number of aromatic hydroxyl groups is 1. The van der Waals surface area contributed by atoms with E-state index < -0.39 is 0 Å². The van der Waals surface area contributed by atoms with Gasteiger partial charge in [-0.1, -0.05) is 31.7 Å². The van der Waals surface area contributed by atoms with Crippen LogP contribution in [0.2, 0.25) is 10.6 Å². The third-order valence-corrected chi connectivity index (χ3v) is 4.34. The Morgan fingerprint density at radius 1 is 0.857 bits per heavy atom. The number of benzene rings is 2. The molecular weight excluding hydrogens is 725 g/mol. The van der Waals surface area contributed by atoms with E-state index in [4.69, 9.17) is 27.9 Å². The second-order valence-corrected chi connectivity index (χ2v) is 13.2. The summed E-state index contributed by atoms with van der Waals surface area (Å²) in [6.45, 7) is 8.78. The summed E-state index contributed by atoms with van der Waals surface area (Å²) in [5, 5.41) is 11.7. The van der Waals surface area contributed by atoms with Crippen LogP contribution in [-0.2, 0) is 18.6 Å². The second-order valence-electron chi connectivity index (χ2n) is 6.05. The maximum atomic E-state index is 9.63. The molecule has 0 aliphatic carbocycles. The van der Waals surface area contributed by atoms with Crippen LogP contribution in [0.3, 0.4) is 0 Å². The molecule has 13 heteroatoms. The first kappa shape index (κ1) is 36.5. The third kappa shape index (κ3) is 11.5. The number of phenols is 1. The first-order chi connectivity index (χ1) is 15.6. The Morgan fingerprint density at radius 2 is 1.26 bits per heavy atom. The molecule has 0 fully saturated rings. The van der Waals surface area contributed by atoms with Gasteiger partial charge in [0.2, 0.25) is 10.6 Å². The third-order valence-electron chi connectivity index (χ3n) is 3.98. The molecule has 35 heavy (non-hydrogen) atoms. The molecule has 6 nitrogen and oxygen atoms in total. The van der Waals surface area contributed by atoms with Gasteiger partial charge in [0.15, 0.2) is 0 Å². The van der Waals surface area contributed by atoms with Crippen LogP contribution in [0.5, 0.6) is 11.5 Å². The summed E-state index contributed by atoms with van der Waals surface area (Å²) in [6.07, 6.45) is 3.27. The molecule has 0 aliphatic heterocycles. The van der Waals surface area contributed by atoms with E-state index in [9.17, 15) is 5.11 Å². The zero-order valence-electron chi connectivity index (χ0n) is 18.7. The molecule has 2 aromatic heterocycles. The molecule has 4 rings (SSSR count). The number of methoxy groups -OCH3 is 1. The summed E-state index contributed by atoms with van der Waals surface area (Å²) in [5.41, 5.74) is 3.07. The van der Waals surface area contributed by atoms with Crippen LogP contribution in [0.25, 0.3) is 21.8 Å². The van der Waals surface area contributed by atoms with Crippen LogP contribution >= 0.6 is 70.5 Å². The number of halogens is 5. The quantitative estimate of drug-likeness (QED) is 0.119. The predicted molar refractivity (Wildman–Crippen MR) is 157 cm³/mol. The van der Waals surface area contributed by atoms with Crippen molar-refractivity contribution >= 4 is 95.5 Å². The Kier molecular flexibility index (Phi) is 19.4. The van der Waals surface area contributed by atoms with Gasteiger partial charge >= 0.3 is 3.18 Å². The number of hydrogen-bond acceptors (Lipinski definition) is 6. The summed E-state index contributed by atoms with van der Waals surface area (Å²) >= 11 is 20.6. The molecule has 2 aromatic carbocycles. The molecule has 0 atom stereocenters. The van der Waals surface area contributed by atoms with Crippen LogP contribution in [-0.4, -0.2) is 35.3 Å². The average Bonchev–Trinajstić information content (AvgIpc) is 2.78. The number of hydrogen-bond donors (Lipinski definition) is 1. The molecule has 1 radical (unpaired) electrons. The molecule has 0 aliphatic rings. The molecule has 4 aromatic rings. The predicted octanol–water partition coefficient (Wildman–Crippen LogP) is 8.53. The molecule has 0 spiro atoms. The van der Waals surface area contributed by atoms with Gasteiger partial charge in [-0.15, -0.1) is 47.3 Å². The number of ether oxygens (including phenoxy) is 1. The number of phenolic OH excluding ortho intramolecular Hbond substituents is 1. The van der Waals surface area contributed by atoms with Crippen molar-refractivity contribution in [2.45, 2.75) is 28.2 Å². The maximum Gasteiger partial charge on any atom is 0.369 e. The van der Waals surface area contributed by atoms with Crippen LogP contribution in [0.4, 0.5) is 0 Å². The molecule has 1 N–H and O–H groups in total. The Bertz CT molecular complexity index is 1200. The molecular formula is C22H25BBr3Cl2N4O2V-. The fourth-order valence-corrected chi connectivity index (χ4v) is 2.84. The monoisotopic (exact) mass is 746 g/mol. The van der Waals surface area contributed by atoms with Gasteiger partial charge in [-0.05, 0) is 48.2 Å². The normalized spacial score (nSPS) is 9.09. The van der Waals surface area contributed by atoms with Gasteiger partial charge in [0, 0.05) is 41.7 Å². The Balaban J connectivity index is 0. The van der Waals surface area contributed by atoms with Gasteiger partial charge < -0.3 is 16.8 Å². The summed E-state index contributed by atoms with van der Waals surface area (Å²) in [7, 11) is 1.62. The van der Waals surface area contributed by atoms with Crippen molar-refractivity contribution in [3.63, 3.8) is 0 Å². The number of rotatable bonds is 1. The summed E-state index contributed by atoms with van der Waals surface area (Å²) < 4.78 is 5.54. The second kappa shape index (κ2) is 18.6. The SMILES string of the molecule is BrB(Br)Br.C.COc1c(C)ccc2cnc(Cl)nc12.Cc1ccc2cnc(Cl)nc2c1O.[CH2-]C.[V]. The largest absolute Gasteiger partial charge is 0.505 e. The topological polar surface area (TPSA) is 81.0 Å². The molecule has 0 saturated heterocycles. The summed E-state index contributed by atoms with van der Waals surface area (Å²) in [4.78, 5) is 15.8. The van der Waals surface area contributed by atoms with E-state index in [-0.39, 0.29) is 45.5 Å². The first-order valence-electron chi connectivity index (χ1n) is 9.33. The molecule has 2 heterocycles. The average molecular weight is 750 g/mol. The minimum atomic E-state index is 0. The number of aryl methyl sites for hydroxylation is 2. The van der Waals surface area contributed by atoms with Gasteiger partial charge in [0.25, 0.3) is 0 Å². The number of aromatic nitrogens is 4. The Hall–Kier alpha value is -0.611. The van der Waals surface area contributed by atoms with E-state index in [1.165, 1.54) is 0 Å². The van der Waals surface area contributed by atoms with Gasteiger partial charge in [-0.2, -0.15) is 6.92 Å². The molecule has 0 unspecified atom stereocenters. The first-order valence-corrected chi connectivity index (χ1v) is 12.8. The number of nitrogens with zero attached hydrogens (tertiary/aromatic N) is 4. The van der Waals surface area contributed by atoms with Gasteiger partial charge in [0.1, 0.15) is 22.5 Å². The van der Waals surface area contributed by atoms with Crippen molar-refractivity contribution in [1.29, 1.82) is 0 Å². The van der Waals surface area contributed by atoms with E-state index in [2.05, 4.69) is 74.1 Å². The van der Waals surface area contributed by atoms with Crippen LogP contribution in [0.1, 0.15) is 25.5 Å². The number of fused-ring (bicyclic) bond motifs is 2. The van der Waals surface area contributed by atoms with Crippen molar-refractivity contribution in [1.82, 2.24) is 19.9 Å². The summed E-state index contributed by atoms with van der Waals surface area (Å²) in [5.74, 6) is 0.925. The minimum Gasteiger partial charge on any atom is -0.505 e. The molecule has 0 bridgehead atoms. The van der Waals surface area contributed by atoms with Crippen molar-refractivity contribution in [3.8, 4) is 11.5 Å². The van der Waals surface area contributed by atoms with Crippen molar-refractivity contribution in [2.75, 3.05) is 7.11 Å². The molecule has 189 valence electrons. The smallest absolute Gasteiger partial charge is 0.369 e. The van der Waals surface area contributed by atoms with E-state index in [0.29, 0.717) is 5.52 Å². The van der Waals surface area contributed by atoms with Crippen LogP contribution in [0.15, 0.2) is 36.7 Å².